The molecule has 2 aromatic rings. The quantitative estimate of drug-likeness (QED) is 0.802. The van der Waals surface area contributed by atoms with E-state index in [1.165, 1.54) is 24.8 Å². The van der Waals surface area contributed by atoms with Gasteiger partial charge in [-0.3, -0.25) is 4.79 Å². The number of hydrogen-bond donors (Lipinski definition) is 1. The van der Waals surface area contributed by atoms with Gasteiger partial charge in [0, 0.05) is 0 Å². The molecule has 2 rings (SSSR count). The zero-order chi connectivity index (χ0) is 19.3. The van der Waals surface area contributed by atoms with E-state index in [4.69, 9.17) is 9.47 Å². The number of nitrogens with one attached hydrogen (secondary N) is 1. The summed E-state index contributed by atoms with van der Waals surface area (Å²) in [5.41, 5.74) is 3.28. The Kier molecular flexibility index (Phi) is 6.33. The largest absolute Gasteiger partial charge is 0.494 e. The molecule has 26 heavy (non-hydrogen) atoms. The van der Waals surface area contributed by atoms with Crippen molar-refractivity contribution in [1.82, 2.24) is 5.32 Å². The van der Waals surface area contributed by atoms with Crippen molar-refractivity contribution in [3.8, 4) is 5.75 Å². The third-order valence-corrected chi connectivity index (χ3v) is 4.13. The molecule has 0 unspecified atom stereocenters. The van der Waals surface area contributed by atoms with Gasteiger partial charge in [0.1, 0.15) is 0 Å². The van der Waals surface area contributed by atoms with Gasteiger partial charge in [0.2, 0.25) is 0 Å². The first-order chi connectivity index (χ1) is 12.3. The Morgan fingerprint density at radius 2 is 1.85 bits per heavy atom. The molecule has 6 heteroatoms. The lowest BCUT2D eigenvalue weighted by molar-refractivity contribution is -0.124. The van der Waals surface area contributed by atoms with Gasteiger partial charge < -0.3 is 14.8 Å². The summed E-state index contributed by atoms with van der Waals surface area (Å²) in [6.07, 6.45) is 0. The Morgan fingerprint density at radius 3 is 2.46 bits per heavy atom. The molecule has 0 spiro atoms. The lowest BCUT2D eigenvalue weighted by Crippen LogP contribution is -2.31. The van der Waals surface area contributed by atoms with Gasteiger partial charge in [-0.15, -0.1) is 0 Å². The lowest BCUT2D eigenvalue weighted by Gasteiger charge is -2.16. The Balaban J connectivity index is 1.90. The second kappa shape index (κ2) is 8.47. The zero-order valence-corrected chi connectivity index (χ0v) is 15.3. The van der Waals surface area contributed by atoms with Crippen LogP contribution in [0.25, 0.3) is 0 Å². The van der Waals surface area contributed by atoms with Gasteiger partial charge >= 0.3 is 5.97 Å². The molecule has 0 bridgehead atoms. The fourth-order valence-electron chi connectivity index (χ4n) is 2.41. The van der Waals surface area contributed by atoms with Crippen LogP contribution in [-0.4, -0.2) is 25.6 Å². The molecule has 0 heterocycles. The predicted octanol–water partition coefficient (Wildman–Crippen LogP) is 3.49. The number of rotatable bonds is 6. The molecular formula is C20H22FNO4. The van der Waals surface area contributed by atoms with Crippen molar-refractivity contribution in [2.45, 2.75) is 26.8 Å². The summed E-state index contributed by atoms with van der Waals surface area (Å²) < 4.78 is 23.3. The third-order valence-electron chi connectivity index (χ3n) is 4.13. The van der Waals surface area contributed by atoms with Crippen molar-refractivity contribution in [2.24, 2.45) is 0 Å². The number of aryl methyl sites for hydroxylation is 2. The zero-order valence-electron chi connectivity index (χ0n) is 15.3. The molecule has 0 aliphatic heterocycles. The molecule has 0 radical (unpaired) electrons. The highest BCUT2D eigenvalue weighted by Gasteiger charge is 2.15. The van der Waals surface area contributed by atoms with Crippen LogP contribution in [0.2, 0.25) is 0 Å². The van der Waals surface area contributed by atoms with E-state index >= 15 is 0 Å². The van der Waals surface area contributed by atoms with Crippen molar-refractivity contribution in [3.05, 3.63) is 64.5 Å². The highest BCUT2D eigenvalue weighted by atomic mass is 19.1. The van der Waals surface area contributed by atoms with Crippen molar-refractivity contribution in [1.29, 1.82) is 0 Å². The molecule has 1 atom stereocenters. The number of benzene rings is 2. The van der Waals surface area contributed by atoms with E-state index in [1.54, 1.807) is 0 Å². The van der Waals surface area contributed by atoms with E-state index in [2.05, 4.69) is 5.32 Å². The first kappa shape index (κ1) is 19.4. The van der Waals surface area contributed by atoms with Gasteiger partial charge in [0.25, 0.3) is 5.91 Å². The average Bonchev–Trinajstić information content (AvgIpc) is 2.61. The van der Waals surface area contributed by atoms with Crippen LogP contribution >= 0.6 is 0 Å². The predicted molar refractivity (Wildman–Crippen MR) is 95.7 cm³/mol. The number of carbonyl (C=O) groups excluding carboxylic acids is 2. The van der Waals surface area contributed by atoms with Gasteiger partial charge in [-0.05, 0) is 55.7 Å². The van der Waals surface area contributed by atoms with Crippen LogP contribution < -0.4 is 10.1 Å². The molecule has 0 aromatic heterocycles. The monoisotopic (exact) mass is 359 g/mol. The first-order valence-corrected chi connectivity index (χ1v) is 8.19. The molecule has 0 saturated carbocycles. The van der Waals surface area contributed by atoms with E-state index in [-0.39, 0.29) is 17.4 Å². The van der Waals surface area contributed by atoms with E-state index in [0.29, 0.717) is 0 Å². The second-order valence-corrected chi connectivity index (χ2v) is 6.06. The molecule has 5 nitrogen and oxygen atoms in total. The van der Waals surface area contributed by atoms with E-state index in [0.717, 1.165) is 17.2 Å². The highest BCUT2D eigenvalue weighted by Crippen LogP contribution is 2.18. The maximum atomic E-state index is 13.6. The molecule has 0 aliphatic carbocycles. The van der Waals surface area contributed by atoms with E-state index < -0.39 is 24.3 Å². The summed E-state index contributed by atoms with van der Waals surface area (Å²) in [4.78, 5) is 23.9. The maximum absolute atomic E-state index is 13.6. The molecule has 0 fully saturated rings. The molecule has 0 saturated heterocycles. The minimum atomic E-state index is -0.777. The molecule has 138 valence electrons. The lowest BCUT2D eigenvalue weighted by atomic mass is 10.0. The number of hydrogen-bond acceptors (Lipinski definition) is 4. The Morgan fingerprint density at radius 1 is 1.12 bits per heavy atom. The van der Waals surface area contributed by atoms with Crippen molar-refractivity contribution >= 4 is 11.9 Å². The number of carbonyl (C=O) groups is 2. The SMILES string of the molecule is COc1ccc(C(=O)OCC(=O)N[C@@H](C)c2ccc(C)c(C)c2)cc1F. The number of ether oxygens (including phenoxy) is 2. The van der Waals surface area contributed by atoms with Crippen LogP contribution in [0.5, 0.6) is 5.75 Å². The van der Waals surface area contributed by atoms with Gasteiger partial charge in [0.05, 0.1) is 18.7 Å². The smallest absolute Gasteiger partial charge is 0.338 e. The third kappa shape index (κ3) is 4.81. The van der Waals surface area contributed by atoms with Crippen molar-refractivity contribution in [2.75, 3.05) is 13.7 Å². The van der Waals surface area contributed by atoms with Gasteiger partial charge in [0.15, 0.2) is 18.2 Å². The van der Waals surface area contributed by atoms with Gasteiger partial charge in [-0.1, -0.05) is 18.2 Å². The molecule has 1 amide bonds. The number of amides is 1. The van der Waals surface area contributed by atoms with Crippen LogP contribution in [0.1, 0.15) is 40.0 Å². The molecule has 0 aliphatic rings. The summed E-state index contributed by atoms with van der Waals surface area (Å²) in [6.45, 7) is 5.43. The van der Waals surface area contributed by atoms with Crippen molar-refractivity contribution < 1.29 is 23.5 Å². The Labute approximate surface area is 152 Å². The van der Waals surface area contributed by atoms with Gasteiger partial charge in [-0.25, -0.2) is 9.18 Å². The van der Waals surface area contributed by atoms with Crippen molar-refractivity contribution in [3.63, 3.8) is 0 Å². The fourth-order valence-corrected chi connectivity index (χ4v) is 2.41. The topological polar surface area (TPSA) is 64.6 Å². The number of methoxy groups -OCH3 is 1. The molecular weight excluding hydrogens is 337 g/mol. The Bertz CT molecular complexity index is 819. The maximum Gasteiger partial charge on any atom is 0.338 e. The normalized spacial score (nSPS) is 11.6. The molecule has 1 N–H and O–H groups in total. The van der Waals surface area contributed by atoms with Crippen LogP contribution in [0.15, 0.2) is 36.4 Å². The Hall–Kier alpha value is -2.89. The second-order valence-electron chi connectivity index (χ2n) is 6.06. The summed E-state index contributed by atoms with van der Waals surface area (Å²) in [7, 11) is 1.33. The first-order valence-electron chi connectivity index (χ1n) is 8.19. The summed E-state index contributed by atoms with van der Waals surface area (Å²) in [6, 6.07) is 9.43. The summed E-state index contributed by atoms with van der Waals surface area (Å²) >= 11 is 0. The average molecular weight is 359 g/mol. The highest BCUT2D eigenvalue weighted by molar-refractivity contribution is 5.91. The number of halogens is 1. The van der Waals surface area contributed by atoms with Crippen LogP contribution in [0.4, 0.5) is 4.39 Å². The van der Waals surface area contributed by atoms with E-state index in [9.17, 15) is 14.0 Å². The summed E-state index contributed by atoms with van der Waals surface area (Å²) in [5, 5.41) is 2.77. The van der Waals surface area contributed by atoms with Crippen LogP contribution in [-0.2, 0) is 9.53 Å². The summed E-state index contributed by atoms with van der Waals surface area (Å²) in [5.74, 6) is -1.85. The van der Waals surface area contributed by atoms with Crippen LogP contribution in [0.3, 0.4) is 0 Å². The van der Waals surface area contributed by atoms with E-state index in [1.807, 2.05) is 39.0 Å². The minimum absolute atomic E-state index is 0.0123. The fraction of sp³-hybridized carbons (Fsp3) is 0.300. The van der Waals surface area contributed by atoms with Crippen LogP contribution in [0, 0.1) is 19.7 Å². The molecule has 2 aromatic carbocycles. The number of esters is 1. The standard InChI is InChI=1S/C20H22FNO4/c1-12-5-6-15(9-13(12)2)14(3)22-19(23)11-26-20(24)16-7-8-18(25-4)17(21)10-16/h5-10,14H,11H2,1-4H3,(H,22,23)/t14-/m0/s1. The van der Waals surface area contributed by atoms with Gasteiger partial charge in [-0.2, -0.15) is 0 Å². The minimum Gasteiger partial charge on any atom is -0.494 e.